The number of cyclic esters (lactones) is 1. The molecule has 2 atom stereocenters. The third kappa shape index (κ3) is 3.86. The summed E-state index contributed by atoms with van der Waals surface area (Å²) in [6, 6.07) is 23.6. The highest BCUT2D eigenvalue weighted by molar-refractivity contribution is 6.09. The van der Waals surface area contributed by atoms with Gasteiger partial charge in [0.15, 0.2) is 11.9 Å². The van der Waals surface area contributed by atoms with E-state index in [0.29, 0.717) is 19.3 Å². The molecule has 0 bridgehead atoms. The van der Waals surface area contributed by atoms with Crippen LogP contribution in [0.15, 0.2) is 84.1 Å². The first-order valence-electron chi connectivity index (χ1n) is 10.3. The summed E-state index contributed by atoms with van der Waals surface area (Å²) in [5, 5.41) is 12.9. The van der Waals surface area contributed by atoms with Crippen LogP contribution in [0.2, 0.25) is 0 Å². The maximum absolute atomic E-state index is 12.8. The molecule has 4 rings (SSSR count). The molecule has 30 heavy (non-hydrogen) atoms. The third-order valence-electron chi connectivity index (χ3n) is 5.72. The Labute approximate surface area is 175 Å². The first-order chi connectivity index (χ1) is 14.6. The molecule has 4 nitrogen and oxygen atoms in total. The van der Waals surface area contributed by atoms with Gasteiger partial charge in [-0.05, 0) is 41.2 Å². The third-order valence-corrected chi connectivity index (χ3v) is 5.72. The van der Waals surface area contributed by atoms with Crippen molar-refractivity contribution in [2.24, 2.45) is 0 Å². The van der Waals surface area contributed by atoms with Gasteiger partial charge in [0, 0.05) is 5.92 Å². The van der Waals surface area contributed by atoms with E-state index in [1.807, 2.05) is 73.7 Å². The van der Waals surface area contributed by atoms with Gasteiger partial charge in [0.1, 0.15) is 0 Å². The summed E-state index contributed by atoms with van der Waals surface area (Å²) in [5.41, 5.74) is 2.00. The lowest BCUT2D eigenvalue weighted by Gasteiger charge is -2.27. The number of hydrogen-bond acceptors (Lipinski definition) is 4. The fourth-order valence-corrected chi connectivity index (χ4v) is 4.11. The van der Waals surface area contributed by atoms with Gasteiger partial charge in [-0.3, -0.25) is 4.79 Å². The standard InChI is InChI=1S/C26H24O4/c1-2-21(19-9-4-3-5-10-19)23-25(28)24(27)22(30-26(23)29)15-13-17-12-14-18-8-6-7-11-20(18)16-17/h3-12,14,16,21-22,28H,2,13,15H2,1H3. The number of carbonyl (C=O) groups excluding carboxylic acids is 2. The van der Waals surface area contributed by atoms with Gasteiger partial charge in [0.2, 0.25) is 5.78 Å². The fraction of sp³-hybridized carbons (Fsp3) is 0.231. The summed E-state index contributed by atoms with van der Waals surface area (Å²) < 4.78 is 5.49. The van der Waals surface area contributed by atoms with Crippen LogP contribution in [0.5, 0.6) is 0 Å². The Morgan fingerprint density at radius 1 is 0.933 bits per heavy atom. The van der Waals surface area contributed by atoms with Crippen molar-refractivity contribution in [1.29, 1.82) is 0 Å². The van der Waals surface area contributed by atoms with E-state index in [0.717, 1.165) is 21.9 Å². The Kier molecular flexibility index (Phi) is 5.66. The molecule has 3 aromatic carbocycles. The number of Topliss-reactive ketones (excluding diaryl/α,β-unsaturated/α-hetero) is 1. The smallest absolute Gasteiger partial charge is 0.339 e. The Morgan fingerprint density at radius 3 is 2.37 bits per heavy atom. The van der Waals surface area contributed by atoms with Gasteiger partial charge < -0.3 is 9.84 Å². The zero-order valence-corrected chi connectivity index (χ0v) is 16.9. The molecule has 1 aliphatic rings. The lowest BCUT2D eigenvalue weighted by Crippen LogP contribution is -2.37. The van der Waals surface area contributed by atoms with E-state index in [-0.39, 0.29) is 11.5 Å². The first kappa shape index (κ1) is 19.9. The Morgan fingerprint density at radius 2 is 1.63 bits per heavy atom. The number of carbonyl (C=O) groups is 2. The molecular formula is C26H24O4. The molecule has 0 amide bonds. The van der Waals surface area contributed by atoms with Gasteiger partial charge in [-0.2, -0.15) is 0 Å². The molecule has 1 N–H and O–H groups in total. The largest absolute Gasteiger partial charge is 0.504 e. The minimum atomic E-state index is -0.957. The van der Waals surface area contributed by atoms with Gasteiger partial charge in [0.25, 0.3) is 0 Å². The summed E-state index contributed by atoms with van der Waals surface area (Å²) in [4.78, 5) is 25.5. The highest BCUT2D eigenvalue weighted by atomic mass is 16.6. The van der Waals surface area contributed by atoms with E-state index in [2.05, 4.69) is 6.07 Å². The van der Waals surface area contributed by atoms with Crippen molar-refractivity contribution >= 4 is 22.5 Å². The van der Waals surface area contributed by atoms with E-state index >= 15 is 0 Å². The molecule has 0 spiro atoms. The van der Waals surface area contributed by atoms with Crippen LogP contribution >= 0.6 is 0 Å². The van der Waals surface area contributed by atoms with Gasteiger partial charge >= 0.3 is 5.97 Å². The summed E-state index contributed by atoms with van der Waals surface area (Å²) in [6.07, 6.45) is 0.532. The monoisotopic (exact) mass is 400 g/mol. The van der Waals surface area contributed by atoms with Gasteiger partial charge in [-0.25, -0.2) is 4.79 Å². The Balaban J connectivity index is 1.53. The van der Waals surface area contributed by atoms with Gasteiger partial charge in [-0.1, -0.05) is 79.7 Å². The highest BCUT2D eigenvalue weighted by Crippen LogP contribution is 2.34. The van der Waals surface area contributed by atoms with Crippen LogP contribution < -0.4 is 0 Å². The molecule has 0 radical (unpaired) electrons. The summed E-state index contributed by atoms with van der Waals surface area (Å²) in [6.45, 7) is 1.92. The van der Waals surface area contributed by atoms with E-state index in [9.17, 15) is 14.7 Å². The second kappa shape index (κ2) is 8.54. The predicted molar refractivity (Wildman–Crippen MR) is 116 cm³/mol. The number of hydrogen-bond donors (Lipinski definition) is 1. The number of aryl methyl sites for hydroxylation is 1. The van der Waals surface area contributed by atoms with Crippen LogP contribution in [-0.4, -0.2) is 23.0 Å². The average Bonchev–Trinajstić information content (AvgIpc) is 2.78. The molecule has 4 heteroatoms. The van der Waals surface area contributed by atoms with Gasteiger partial charge in [0.05, 0.1) is 5.57 Å². The summed E-state index contributed by atoms with van der Waals surface area (Å²) in [5.74, 6) is -1.94. The summed E-state index contributed by atoms with van der Waals surface area (Å²) in [7, 11) is 0. The molecule has 0 aromatic heterocycles. The summed E-state index contributed by atoms with van der Waals surface area (Å²) >= 11 is 0. The van der Waals surface area contributed by atoms with Crippen molar-refractivity contribution in [3.8, 4) is 0 Å². The van der Waals surface area contributed by atoms with E-state index < -0.39 is 23.6 Å². The van der Waals surface area contributed by atoms with Crippen LogP contribution in [0.4, 0.5) is 0 Å². The number of aliphatic hydroxyl groups is 1. The average molecular weight is 400 g/mol. The Hall–Kier alpha value is -3.40. The molecule has 1 heterocycles. The zero-order chi connectivity index (χ0) is 21.1. The maximum atomic E-state index is 12.8. The molecule has 0 saturated heterocycles. The maximum Gasteiger partial charge on any atom is 0.339 e. The molecule has 3 aromatic rings. The van der Waals surface area contributed by atoms with E-state index in [1.54, 1.807) is 0 Å². The van der Waals surface area contributed by atoms with Crippen LogP contribution in [0.3, 0.4) is 0 Å². The number of ketones is 1. The Bertz CT molecular complexity index is 1110. The topological polar surface area (TPSA) is 63.6 Å². The second-order valence-electron chi connectivity index (χ2n) is 7.61. The number of aliphatic hydroxyl groups excluding tert-OH is 1. The number of ether oxygens (including phenoxy) is 1. The molecule has 2 unspecified atom stereocenters. The van der Waals surface area contributed by atoms with Crippen molar-refractivity contribution in [2.45, 2.75) is 38.2 Å². The number of esters is 1. The second-order valence-corrected chi connectivity index (χ2v) is 7.61. The van der Waals surface area contributed by atoms with Crippen molar-refractivity contribution in [1.82, 2.24) is 0 Å². The number of rotatable bonds is 6. The van der Waals surface area contributed by atoms with Crippen molar-refractivity contribution in [3.05, 3.63) is 95.3 Å². The van der Waals surface area contributed by atoms with Crippen molar-refractivity contribution in [3.63, 3.8) is 0 Å². The molecule has 0 aliphatic carbocycles. The highest BCUT2D eigenvalue weighted by Gasteiger charge is 2.39. The van der Waals surface area contributed by atoms with E-state index in [1.165, 1.54) is 0 Å². The first-order valence-corrected chi connectivity index (χ1v) is 10.3. The molecule has 0 saturated carbocycles. The van der Waals surface area contributed by atoms with Crippen LogP contribution in [0.25, 0.3) is 10.8 Å². The number of fused-ring (bicyclic) bond motifs is 1. The lowest BCUT2D eigenvalue weighted by atomic mass is 9.85. The minimum absolute atomic E-state index is 0.0654. The minimum Gasteiger partial charge on any atom is -0.504 e. The SMILES string of the molecule is CCC(C1=C(O)C(=O)C(CCc2ccc3ccccc3c2)OC1=O)c1ccccc1. The lowest BCUT2D eigenvalue weighted by molar-refractivity contribution is -0.154. The molecule has 152 valence electrons. The van der Waals surface area contributed by atoms with Crippen LogP contribution in [0, 0.1) is 0 Å². The quantitative estimate of drug-likeness (QED) is 0.572. The van der Waals surface area contributed by atoms with Crippen LogP contribution in [-0.2, 0) is 20.7 Å². The molecule has 1 aliphatic heterocycles. The molecule has 0 fully saturated rings. The zero-order valence-electron chi connectivity index (χ0n) is 16.9. The van der Waals surface area contributed by atoms with Crippen LogP contribution in [0.1, 0.15) is 36.8 Å². The van der Waals surface area contributed by atoms with Gasteiger partial charge in [-0.15, -0.1) is 0 Å². The normalized spacial score (nSPS) is 17.8. The predicted octanol–water partition coefficient (Wildman–Crippen LogP) is 5.27. The fourth-order valence-electron chi connectivity index (χ4n) is 4.11. The number of benzene rings is 3. The van der Waals surface area contributed by atoms with E-state index in [4.69, 9.17) is 4.74 Å². The molecular weight excluding hydrogens is 376 g/mol. The van der Waals surface area contributed by atoms with Crippen molar-refractivity contribution in [2.75, 3.05) is 0 Å². The van der Waals surface area contributed by atoms with Crippen molar-refractivity contribution < 1.29 is 19.4 Å².